The van der Waals surface area contributed by atoms with E-state index in [2.05, 4.69) is 10.2 Å². The van der Waals surface area contributed by atoms with E-state index in [9.17, 15) is 23.1 Å². The molecule has 1 heterocycles. The fraction of sp³-hybridized carbons (Fsp3) is 0.200. The van der Waals surface area contributed by atoms with Gasteiger partial charge in [0.1, 0.15) is 16.6 Å². The number of carboxylic acid groups (broad SMARTS) is 1. The zero-order valence-electron chi connectivity index (χ0n) is 18.3. The topological polar surface area (TPSA) is 75.2 Å². The van der Waals surface area contributed by atoms with Crippen LogP contribution in [-0.2, 0) is 11.0 Å². The molecule has 1 aromatic heterocycles. The lowest BCUT2D eigenvalue weighted by atomic mass is 9.97. The summed E-state index contributed by atoms with van der Waals surface area (Å²) in [7, 11) is 0. The monoisotopic (exact) mass is 486 g/mol. The van der Waals surface area contributed by atoms with Gasteiger partial charge in [-0.1, -0.05) is 24.3 Å². The molecule has 0 aliphatic heterocycles. The van der Waals surface area contributed by atoms with Crippen LogP contribution in [0.15, 0.2) is 77.8 Å². The molecule has 0 radical (unpaired) electrons. The van der Waals surface area contributed by atoms with Crippen molar-refractivity contribution in [2.24, 2.45) is 0 Å². The number of aromatic nitrogens is 2. The Balaban J connectivity index is 1.68. The Kier molecular flexibility index (Phi) is 6.31. The largest absolute Gasteiger partial charge is 0.481 e. The van der Waals surface area contributed by atoms with Gasteiger partial charge in [0, 0.05) is 15.8 Å². The van der Waals surface area contributed by atoms with E-state index < -0.39 is 28.6 Å². The minimum atomic E-state index is -4.43. The maximum absolute atomic E-state index is 13.1. The molecule has 4 rings (SSSR count). The number of nitrogens with zero attached hydrogens (tertiary/aromatic N) is 1. The number of thioether (sulfide) groups is 1. The van der Waals surface area contributed by atoms with Crippen LogP contribution in [0.2, 0.25) is 0 Å². The Morgan fingerprint density at radius 2 is 1.71 bits per heavy atom. The number of aliphatic carboxylic acids is 1. The number of rotatable bonds is 7. The molecule has 1 atom stereocenters. The van der Waals surface area contributed by atoms with Crippen molar-refractivity contribution < 1.29 is 27.8 Å². The number of ether oxygens (including phenoxy) is 1. The second kappa shape index (κ2) is 9.06. The Labute approximate surface area is 198 Å². The van der Waals surface area contributed by atoms with E-state index in [0.717, 1.165) is 33.5 Å². The lowest BCUT2D eigenvalue weighted by Gasteiger charge is -2.22. The number of nitrogens with one attached hydrogen (secondary N) is 1. The van der Waals surface area contributed by atoms with E-state index in [1.54, 1.807) is 44.3 Å². The molecule has 0 saturated carbocycles. The third-order valence-corrected chi connectivity index (χ3v) is 6.50. The molecule has 176 valence electrons. The van der Waals surface area contributed by atoms with E-state index in [-0.39, 0.29) is 0 Å². The smallest absolute Gasteiger partial charge is 0.416 e. The van der Waals surface area contributed by atoms with Gasteiger partial charge >= 0.3 is 12.1 Å². The molecule has 2 N–H and O–H groups in total. The van der Waals surface area contributed by atoms with Crippen LogP contribution in [0.4, 0.5) is 13.2 Å². The zero-order chi connectivity index (χ0) is 24.5. The zero-order valence-corrected chi connectivity index (χ0v) is 19.1. The number of hydrogen-bond acceptors (Lipinski definition) is 4. The molecule has 1 unspecified atom stereocenters. The van der Waals surface area contributed by atoms with Crippen LogP contribution in [-0.4, -0.2) is 26.0 Å². The van der Waals surface area contributed by atoms with Gasteiger partial charge < -0.3 is 9.84 Å². The number of benzene rings is 3. The highest BCUT2D eigenvalue weighted by Crippen LogP contribution is 2.37. The van der Waals surface area contributed by atoms with Gasteiger partial charge in [-0.05, 0) is 61.9 Å². The molecular formula is C25H21F3N2O3S. The average Bonchev–Trinajstić information content (AvgIpc) is 3.27. The Morgan fingerprint density at radius 3 is 2.32 bits per heavy atom. The minimum Gasteiger partial charge on any atom is -0.481 e. The van der Waals surface area contributed by atoms with Crippen molar-refractivity contribution in [3.63, 3.8) is 0 Å². The van der Waals surface area contributed by atoms with Gasteiger partial charge in [-0.25, -0.2) is 0 Å². The lowest BCUT2D eigenvalue weighted by molar-refractivity contribution is -0.139. The number of carboxylic acids is 1. The van der Waals surface area contributed by atoms with E-state index in [4.69, 9.17) is 4.74 Å². The summed E-state index contributed by atoms with van der Waals surface area (Å²) in [4.78, 5) is 12.2. The normalized spacial score (nSPS) is 13.1. The molecule has 3 aromatic carbocycles. The summed E-state index contributed by atoms with van der Waals surface area (Å²) < 4.78 is 44.5. The van der Waals surface area contributed by atoms with E-state index >= 15 is 0 Å². The summed E-state index contributed by atoms with van der Waals surface area (Å²) in [5, 5.41) is 17.1. The quantitative estimate of drug-likeness (QED) is 0.284. The van der Waals surface area contributed by atoms with Gasteiger partial charge in [0.2, 0.25) is 0 Å². The number of fused-ring (bicyclic) bond motifs is 1. The Bertz CT molecular complexity index is 1300. The number of hydrogen-bond donors (Lipinski definition) is 2. The minimum absolute atomic E-state index is 0.489. The maximum Gasteiger partial charge on any atom is 0.416 e. The predicted octanol–water partition coefficient (Wildman–Crippen LogP) is 6.71. The highest BCUT2D eigenvalue weighted by Gasteiger charge is 2.31. The van der Waals surface area contributed by atoms with Crippen LogP contribution in [0, 0.1) is 0 Å². The van der Waals surface area contributed by atoms with Gasteiger partial charge in [0.15, 0.2) is 0 Å². The van der Waals surface area contributed by atoms with Crippen LogP contribution < -0.4 is 4.74 Å². The molecular weight excluding hydrogens is 465 g/mol. The summed E-state index contributed by atoms with van der Waals surface area (Å²) in [5.74, 6) is -0.434. The summed E-state index contributed by atoms with van der Waals surface area (Å²) >= 11 is 1.21. The first kappa shape index (κ1) is 23.7. The van der Waals surface area contributed by atoms with Gasteiger partial charge in [-0.2, -0.15) is 18.3 Å². The standard InChI is InChI=1S/C25H21F3N2O3S/c1-24(2,23(31)32)34-18-12-10-17(11-13-18)33-22(15-6-8-16(9-7-15)25(26,27)28)19-4-3-5-21-20(19)14-29-30-21/h3-14,22H,1-2H3,(H,29,30)(H,31,32). The molecule has 0 saturated heterocycles. The molecule has 0 fully saturated rings. The highest BCUT2D eigenvalue weighted by molar-refractivity contribution is 8.01. The summed E-state index contributed by atoms with van der Waals surface area (Å²) in [5.41, 5.74) is 1.34. The van der Waals surface area contributed by atoms with Gasteiger partial charge in [0.05, 0.1) is 17.3 Å². The number of H-pyrrole nitrogens is 1. The predicted molar refractivity (Wildman–Crippen MR) is 124 cm³/mol. The Morgan fingerprint density at radius 1 is 1.03 bits per heavy atom. The van der Waals surface area contributed by atoms with Crippen molar-refractivity contribution >= 4 is 28.6 Å². The SMILES string of the molecule is CC(C)(Sc1ccc(OC(c2ccc(C(F)(F)F)cc2)c2cccc3[nH]ncc23)cc1)C(=O)O. The fourth-order valence-corrected chi connectivity index (χ4v) is 4.39. The average molecular weight is 487 g/mol. The third-order valence-electron chi connectivity index (χ3n) is 5.31. The molecule has 5 nitrogen and oxygen atoms in total. The second-order valence-corrected chi connectivity index (χ2v) is 9.88. The van der Waals surface area contributed by atoms with Crippen molar-refractivity contribution in [1.29, 1.82) is 0 Å². The molecule has 4 aromatic rings. The maximum atomic E-state index is 13.1. The van der Waals surface area contributed by atoms with Crippen LogP contribution in [0.1, 0.15) is 36.6 Å². The first-order valence-corrected chi connectivity index (χ1v) is 11.1. The van der Waals surface area contributed by atoms with Crippen molar-refractivity contribution in [2.45, 2.75) is 35.8 Å². The molecule has 0 bridgehead atoms. The van der Waals surface area contributed by atoms with E-state index in [1.165, 1.54) is 23.9 Å². The van der Waals surface area contributed by atoms with Crippen LogP contribution >= 0.6 is 11.8 Å². The second-order valence-electron chi connectivity index (χ2n) is 8.19. The number of halogens is 3. The van der Waals surface area contributed by atoms with Crippen LogP contribution in [0.25, 0.3) is 10.9 Å². The molecule has 0 spiro atoms. The summed E-state index contributed by atoms with van der Waals surface area (Å²) in [6.45, 7) is 3.24. The van der Waals surface area contributed by atoms with Crippen molar-refractivity contribution in [3.8, 4) is 5.75 Å². The third kappa shape index (κ3) is 5.04. The molecule has 34 heavy (non-hydrogen) atoms. The van der Waals surface area contributed by atoms with Gasteiger partial charge in [-0.3, -0.25) is 9.89 Å². The molecule has 0 amide bonds. The molecule has 0 aliphatic rings. The van der Waals surface area contributed by atoms with E-state index in [0.29, 0.717) is 11.3 Å². The first-order valence-electron chi connectivity index (χ1n) is 10.3. The van der Waals surface area contributed by atoms with Crippen molar-refractivity contribution in [2.75, 3.05) is 0 Å². The van der Waals surface area contributed by atoms with Crippen molar-refractivity contribution in [1.82, 2.24) is 10.2 Å². The molecule has 9 heteroatoms. The van der Waals surface area contributed by atoms with E-state index in [1.807, 2.05) is 18.2 Å². The summed E-state index contributed by atoms with van der Waals surface area (Å²) in [6.07, 6.45) is -3.48. The van der Waals surface area contributed by atoms with Crippen LogP contribution in [0.3, 0.4) is 0 Å². The number of alkyl halides is 3. The lowest BCUT2D eigenvalue weighted by Crippen LogP contribution is -2.26. The number of aromatic amines is 1. The van der Waals surface area contributed by atoms with Gasteiger partial charge in [-0.15, -0.1) is 11.8 Å². The summed E-state index contributed by atoms with van der Waals surface area (Å²) in [6, 6.07) is 17.4. The van der Waals surface area contributed by atoms with Crippen molar-refractivity contribution in [3.05, 3.63) is 89.6 Å². The molecule has 0 aliphatic carbocycles. The highest BCUT2D eigenvalue weighted by atomic mass is 32.2. The Hall–Kier alpha value is -3.46. The fourth-order valence-electron chi connectivity index (χ4n) is 3.44. The first-order chi connectivity index (χ1) is 16.0. The number of carbonyl (C=O) groups is 1. The van der Waals surface area contributed by atoms with Crippen LogP contribution in [0.5, 0.6) is 5.75 Å². The van der Waals surface area contributed by atoms with Gasteiger partial charge in [0.25, 0.3) is 0 Å².